The van der Waals surface area contributed by atoms with Crippen LogP contribution < -0.4 is 10.6 Å². The lowest BCUT2D eigenvalue weighted by molar-refractivity contribution is 0.0954. The maximum Gasteiger partial charge on any atom is 0.263 e. The second-order valence-corrected chi connectivity index (χ2v) is 5.54. The second kappa shape index (κ2) is 5.54. The molecule has 1 fully saturated rings. The van der Waals surface area contributed by atoms with E-state index in [0.717, 1.165) is 18.0 Å². The van der Waals surface area contributed by atoms with Gasteiger partial charge in [-0.05, 0) is 31.5 Å². The van der Waals surface area contributed by atoms with Crippen LogP contribution in [-0.4, -0.2) is 30.0 Å². The van der Waals surface area contributed by atoms with E-state index in [-0.39, 0.29) is 5.91 Å². The molecule has 19 heavy (non-hydrogen) atoms. The molecule has 2 aromatic rings. The molecule has 100 valence electrons. The van der Waals surface area contributed by atoms with Crippen LogP contribution in [0.15, 0.2) is 29.0 Å². The Balaban J connectivity index is 1.60. The average molecular weight is 277 g/mol. The Morgan fingerprint density at radius 3 is 3.32 bits per heavy atom. The highest BCUT2D eigenvalue weighted by Gasteiger charge is 2.17. The third kappa shape index (κ3) is 2.85. The second-order valence-electron chi connectivity index (χ2n) is 4.51. The number of hydrogen-bond donors (Lipinski definition) is 2. The van der Waals surface area contributed by atoms with Gasteiger partial charge in [-0.3, -0.25) is 4.79 Å². The monoisotopic (exact) mass is 277 g/mol. The highest BCUT2D eigenvalue weighted by Crippen LogP contribution is 2.25. The maximum absolute atomic E-state index is 12.0. The first-order valence-corrected chi connectivity index (χ1v) is 7.16. The van der Waals surface area contributed by atoms with E-state index >= 15 is 0 Å². The highest BCUT2D eigenvalue weighted by atomic mass is 32.1. The molecule has 1 unspecified atom stereocenters. The molecule has 2 N–H and O–H groups in total. The van der Waals surface area contributed by atoms with E-state index in [1.54, 1.807) is 12.5 Å². The van der Waals surface area contributed by atoms with Gasteiger partial charge in [0.15, 0.2) is 10.8 Å². The Hall–Kier alpha value is -1.66. The van der Waals surface area contributed by atoms with E-state index in [4.69, 9.17) is 4.42 Å². The standard InChI is InChI=1S/C13H15N3O2S/c17-12(15-7-9-3-1-5-14-9)11-8-16-13(19-11)10-4-2-6-18-10/h2,4,6,8-9,14H,1,3,5,7H2,(H,15,17). The summed E-state index contributed by atoms with van der Waals surface area (Å²) in [6, 6.07) is 4.05. The normalized spacial score (nSPS) is 18.6. The van der Waals surface area contributed by atoms with Crippen LogP contribution in [0, 0.1) is 0 Å². The SMILES string of the molecule is O=C(NCC1CCCN1)c1cnc(-c2ccco2)s1. The minimum absolute atomic E-state index is 0.0657. The van der Waals surface area contributed by atoms with Gasteiger partial charge in [0.05, 0.1) is 12.5 Å². The van der Waals surface area contributed by atoms with Crippen LogP contribution in [0.2, 0.25) is 0 Å². The van der Waals surface area contributed by atoms with E-state index in [0.29, 0.717) is 23.2 Å². The Morgan fingerprint density at radius 2 is 2.58 bits per heavy atom. The number of aromatic nitrogens is 1. The Morgan fingerprint density at radius 1 is 1.63 bits per heavy atom. The van der Waals surface area contributed by atoms with Crippen molar-refractivity contribution in [2.45, 2.75) is 18.9 Å². The fraction of sp³-hybridized carbons (Fsp3) is 0.385. The summed E-state index contributed by atoms with van der Waals surface area (Å²) in [5, 5.41) is 7.02. The first-order chi connectivity index (χ1) is 9.33. The maximum atomic E-state index is 12.0. The largest absolute Gasteiger partial charge is 0.462 e. The van der Waals surface area contributed by atoms with Gasteiger partial charge in [0.25, 0.3) is 5.91 Å². The summed E-state index contributed by atoms with van der Waals surface area (Å²) in [5.41, 5.74) is 0. The van der Waals surface area contributed by atoms with Crippen LogP contribution >= 0.6 is 11.3 Å². The number of rotatable bonds is 4. The molecule has 3 heterocycles. The molecule has 5 nitrogen and oxygen atoms in total. The first kappa shape index (κ1) is 12.4. The molecule has 1 amide bonds. The minimum Gasteiger partial charge on any atom is -0.462 e. The van der Waals surface area contributed by atoms with Crippen LogP contribution in [-0.2, 0) is 0 Å². The lowest BCUT2D eigenvalue weighted by Crippen LogP contribution is -2.36. The molecule has 1 atom stereocenters. The quantitative estimate of drug-likeness (QED) is 0.895. The smallest absolute Gasteiger partial charge is 0.263 e. The van der Waals surface area contributed by atoms with Crippen molar-refractivity contribution in [1.29, 1.82) is 0 Å². The number of carbonyl (C=O) groups is 1. The van der Waals surface area contributed by atoms with Crippen molar-refractivity contribution in [3.63, 3.8) is 0 Å². The number of amides is 1. The molecule has 1 aliphatic heterocycles. The summed E-state index contributed by atoms with van der Waals surface area (Å²) in [7, 11) is 0. The van der Waals surface area contributed by atoms with E-state index < -0.39 is 0 Å². The summed E-state index contributed by atoms with van der Waals surface area (Å²) >= 11 is 1.34. The van der Waals surface area contributed by atoms with Crippen LogP contribution in [0.25, 0.3) is 10.8 Å². The van der Waals surface area contributed by atoms with Gasteiger partial charge in [-0.2, -0.15) is 0 Å². The van der Waals surface area contributed by atoms with Gasteiger partial charge in [0.2, 0.25) is 0 Å². The Labute approximate surface area is 115 Å². The summed E-state index contributed by atoms with van der Waals surface area (Å²) in [6.07, 6.45) is 5.51. The fourth-order valence-corrected chi connectivity index (χ4v) is 2.93. The predicted molar refractivity (Wildman–Crippen MR) is 73.2 cm³/mol. The van der Waals surface area contributed by atoms with Crippen molar-refractivity contribution in [2.24, 2.45) is 0 Å². The van der Waals surface area contributed by atoms with Crippen molar-refractivity contribution < 1.29 is 9.21 Å². The van der Waals surface area contributed by atoms with E-state index in [1.165, 1.54) is 17.8 Å². The summed E-state index contributed by atoms with van der Waals surface area (Å²) < 4.78 is 5.26. The third-order valence-corrected chi connectivity index (χ3v) is 4.14. The molecule has 0 radical (unpaired) electrons. The molecule has 0 saturated carbocycles. The summed E-state index contributed by atoms with van der Waals surface area (Å²) in [4.78, 5) is 16.8. The number of hydrogen-bond acceptors (Lipinski definition) is 5. The van der Waals surface area contributed by atoms with E-state index in [1.807, 2.05) is 12.1 Å². The van der Waals surface area contributed by atoms with Crippen molar-refractivity contribution in [2.75, 3.05) is 13.1 Å². The van der Waals surface area contributed by atoms with E-state index in [2.05, 4.69) is 15.6 Å². The van der Waals surface area contributed by atoms with Crippen molar-refractivity contribution >= 4 is 17.2 Å². The van der Waals surface area contributed by atoms with Gasteiger partial charge in [0.1, 0.15) is 4.88 Å². The van der Waals surface area contributed by atoms with Crippen LogP contribution in [0.3, 0.4) is 0 Å². The van der Waals surface area contributed by atoms with Gasteiger partial charge in [-0.25, -0.2) is 4.98 Å². The predicted octanol–water partition coefficient (Wildman–Crippen LogP) is 1.88. The molecule has 0 aromatic carbocycles. The molecule has 0 aliphatic carbocycles. The van der Waals surface area contributed by atoms with Crippen molar-refractivity contribution in [1.82, 2.24) is 15.6 Å². The number of carbonyl (C=O) groups excluding carboxylic acids is 1. The molecular weight excluding hydrogens is 262 g/mol. The van der Waals surface area contributed by atoms with Crippen LogP contribution in [0.1, 0.15) is 22.5 Å². The Bertz CT molecular complexity index is 544. The van der Waals surface area contributed by atoms with Crippen molar-refractivity contribution in [3.8, 4) is 10.8 Å². The van der Waals surface area contributed by atoms with Gasteiger partial charge in [-0.1, -0.05) is 0 Å². The molecule has 1 saturated heterocycles. The zero-order valence-electron chi connectivity index (χ0n) is 10.4. The lowest BCUT2D eigenvalue weighted by atomic mass is 10.2. The van der Waals surface area contributed by atoms with Gasteiger partial charge in [-0.15, -0.1) is 11.3 Å². The molecule has 1 aliphatic rings. The number of thiazole rings is 1. The number of nitrogens with zero attached hydrogens (tertiary/aromatic N) is 1. The van der Waals surface area contributed by atoms with Gasteiger partial charge in [0, 0.05) is 12.6 Å². The number of nitrogens with one attached hydrogen (secondary N) is 2. The molecule has 0 bridgehead atoms. The first-order valence-electron chi connectivity index (χ1n) is 6.34. The molecule has 2 aromatic heterocycles. The molecule has 3 rings (SSSR count). The highest BCUT2D eigenvalue weighted by molar-refractivity contribution is 7.16. The van der Waals surface area contributed by atoms with Crippen molar-refractivity contribution in [3.05, 3.63) is 29.5 Å². The third-order valence-electron chi connectivity index (χ3n) is 3.13. The molecule has 6 heteroatoms. The zero-order chi connectivity index (χ0) is 13.1. The summed E-state index contributed by atoms with van der Waals surface area (Å²) in [5.74, 6) is 0.630. The zero-order valence-corrected chi connectivity index (χ0v) is 11.2. The van der Waals surface area contributed by atoms with Crippen LogP contribution in [0.5, 0.6) is 0 Å². The summed E-state index contributed by atoms with van der Waals surface area (Å²) in [6.45, 7) is 1.72. The van der Waals surface area contributed by atoms with E-state index in [9.17, 15) is 4.79 Å². The fourth-order valence-electron chi connectivity index (χ4n) is 2.13. The molecular formula is C13H15N3O2S. The number of furan rings is 1. The molecule has 0 spiro atoms. The average Bonchev–Trinajstić information content (AvgIpc) is 3.14. The van der Waals surface area contributed by atoms with Gasteiger partial charge >= 0.3 is 0 Å². The Kier molecular flexibility index (Phi) is 3.61. The van der Waals surface area contributed by atoms with Crippen LogP contribution in [0.4, 0.5) is 0 Å². The topological polar surface area (TPSA) is 67.2 Å². The lowest BCUT2D eigenvalue weighted by Gasteiger charge is -2.10. The van der Waals surface area contributed by atoms with Gasteiger partial charge < -0.3 is 15.1 Å². The minimum atomic E-state index is -0.0657.